The number of hydrogen-bond donors (Lipinski definition) is 1. The van der Waals surface area contributed by atoms with Crippen LogP contribution < -0.4 is 10.1 Å². The summed E-state index contributed by atoms with van der Waals surface area (Å²) < 4.78 is 5.46. The summed E-state index contributed by atoms with van der Waals surface area (Å²) in [5, 5.41) is 3.89. The molecular formula is C20H28N2O. The third-order valence-electron chi connectivity index (χ3n) is 7.10. The van der Waals surface area contributed by atoms with E-state index in [9.17, 15) is 0 Å². The van der Waals surface area contributed by atoms with Gasteiger partial charge in [-0.15, -0.1) is 0 Å². The Bertz CT molecular complexity index is 601. The highest BCUT2D eigenvalue weighted by atomic mass is 16.5. The van der Waals surface area contributed by atoms with Gasteiger partial charge < -0.3 is 10.1 Å². The van der Waals surface area contributed by atoms with Gasteiger partial charge in [-0.05, 0) is 61.4 Å². The zero-order valence-corrected chi connectivity index (χ0v) is 14.1. The number of rotatable bonds is 1. The average Bonchev–Trinajstić information content (AvgIpc) is 2.98. The van der Waals surface area contributed by atoms with Crippen LogP contribution in [0.5, 0.6) is 5.75 Å². The zero-order chi connectivity index (χ0) is 15.4. The zero-order valence-electron chi connectivity index (χ0n) is 14.1. The van der Waals surface area contributed by atoms with Gasteiger partial charge in [-0.3, -0.25) is 4.90 Å². The van der Waals surface area contributed by atoms with E-state index in [-0.39, 0.29) is 0 Å². The first kappa shape index (κ1) is 14.2. The van der Waals surface area contributed by atoms with E-state index in [4.69, 9.17) is 4.74 Å². The third kappa shape index (κ3) is 2.20. The summed E-state index contributed by atoms with van der Waals surface area (Å²) in [7, 11) is 1.77. The summed E-state index contributed by atoms with van der Waals surface area (Å²) in [5.41, 5.74) is 2.85. The smallest absolute Gasteiger partial charge is 0.119 e. The molecule has 3 nitrogen and oxygen atoms in total. The van der Waals surface area contributed by atoms with Crippen molar-refractivity contribution in [2.24, 2.45) is 11.8 Å². The van der Waals surface area contributed by atoms with Crippen LogP contribution in [0.15, 0.2) is 18.2 Å². The van der Waals surface area contributed by atoms with Crippen molar-refractivity contribution < 1.29 is 4.74 Å². The van der Waals surface area contributed by atoms with E-state index in [0.29, 0.717) is 12.0 Å². The lowest BCUT2D eigenvalue weighted by atomic mass is 9.69. The molecule has 4 aliphatic rings. The molecule has 0 radical (unpaired) electrons. The lowest BCUT2D eigenvalue weighted by Crippen LogP contribution is -2.58. The van der Waals surface area contributed by atoms with Crippen LogP contribution in [0.4, 0.5) is 5.69 Å². The molecule has 0 spiro atoms. The molecule has 3 heterocycles. The number of ether oxygens (including phenoxy) is 1. The molecule has 1 aliphatic carbocycles. The Morgan fingerprint density at radius 3 is 2.87 bits per heavy atom. The van der Waals surface area contributed by atoms with E-state index < -0.39 is 0 Å². The quantitative estimate of drug-likeness (QED) is 0.852. The monoisotopic (exact) mass is 312 g/mol. The SMILES string of the molecule is COc1ccc2c(c1)C1CCN3C[C@@H]4CCCC[C@H]4CC3C1N2. The highest BCUT2D eigenvalue weighted by Gasteiger charge is 2.47. The van der Waals surface area contributed by atoms with Crippen LogP contribution in [0.1, 0.15) is 50.0 Å². The van der Waals surface area contributed by atoms with Crippen molar-refractivity contribution in [2.75, 3.05) is 25.5 Å². The van der Waals surface area contributed by atoms with E-state index in [1.165, 1.54) is 62.9 Å². The van der Waals surface area contributed by atoms with Crippen molar-refractivity contribution in [3.63, 3.8) is 0 Å². The van der Waals surface area contributed by atoms with Crippen LogP contribution in [0.25, 0.3) is 0 Å². The van der Waals surface area contributed by atoms with Crippen LogP contribution in [-0.2, 0) is 0 Å². The summed E-state index contributed by atoms with van der Waals surface area (Å²) in [5.74, 6) is 3.66. The van der Waals surface area contributed by atoms with Crippen molar-refractivity contribution in [2.45, 2.75) is 56.5 Å². The predicted molar refractivity (Wildman–Crippen MR) is 93.2 cm³/mol. The van der Waals surface area contributed by atoms with E-state index in [2.05, 4.69) is 28.4 Å². The maximum absolute atomic E-state index is 5.46. The second-order valence-corrected chi connectivity index (χ2v) is 8.12. The molecule has 0 amide bonds. The standard InChI is InChI=1S/C20H28N2O/c1-23-15-6-7-18-17(11-15)16-8-9-22-12-14-5-3-2-4-13(14)10-19(22)20(16)21-18/h6-7,11,13-14,16,19-21H,2-5,8-10,12H2,1H3/t13-,14-,16?,19?,20?/m0/s1. The highest BCUT2D eigenvalue weighted by Crippen LogP contribution is 2.49. The van der Waals surface area contributed by atoms with Gasteiger partial charge in [0.05, 0.1) is 7.11 Å². The van der Waals surface area contributed by atoms with Gasteiger partial charge in [0.1, 0.15) is 5.75 Å². The molecule has 124 valence electrons. The van der Waals surface area contributed by atoms with Crippen molar-refractivity contribution in [3.05, 3.63) is 23.8 Å². The number of hydrogen-bond acceptors (Lipinski definition) is 3. The fraction of sp³-hybridized carbons (Fsp3) is 0.700. The first-order valence-electron chi connectivity index (χ1n) is 9.52. The summed E-state index contributed by atoms with van der Waals surface area (Å²) in [6.07, 6.45) is 8.61. The van der Waals surface area contributed by atoms with Gasteiger partial charge in [0, 0.05) is 30.2 Å². The fourth-order valence-corrected chi connectivity index (χ4v) is 5.95. The summed E-state index contributed by atoms with van der Waals surface area (Å²) in [6.45, 7) is 2.65. The topological polar surface area (TPSA) is 24.5 Å². The average molecular weight is 312 g/mol. The van der Waals surface area contributed by atoms with Crippen LogP contribution in [0.2, 0.25) is 0 Å². The minimum absolute atomic E-state index is 0.619. The number of benzene rings is 1. The van der Waals surface area contributed by atoms with Gasteiger partial charge in [-0.1, -0.05) is 19.3 Å². The molecule has 3 unspecified atom stereocenters. The normalized spacial score (nSPS) is 38.7. The Morgan fingerprint density at radius 1 is 1.13 bits per heavy atom. The summed E-state index contributed by atoms with van der Waals surface area (Å²) in [4.78, 5) is 2.82. The van der Waals surface area contributed by atoms with E-state index in [1.54, 1.807) is 7.11 Å². The van der Waals surface area contributed by atoms with Gasteiger partial charge in [0.25, 0.3) is 0 Å². The second kappa shape index (κ2) is 5.41. The van der Waals surface area contributed by atoms with Crippen LogP contribution in [0, 0.1) is 11.8 Å². The predicted octanol–water partition coefficient (Wildman–Crippen LogP) is 3.86. The minimum atomic E-state index is 0.619. The van der Waals surface area contributed by atoms with Crippen LogP contribution in [-0.4, -0.2) is 37.2 Å². The lowest BCUT2D eigenvalue weighted by Gasteiger charge is -2.52. The molecule has 1 saturated carbocycles. The summed E-state index contributed by atoms with van der Waals surface area (Å²) >= 11 is 0. The fourth-order valence-electron chi connectivity index (χ4n) is 5.95. The van der Waals surface area contributed by atoms with Gasteiger partial charge in [-0.25, -0.2) is 0 Å². The Kier molecular flexibility index (Phi) is 3.33. The molecular weight excluding hydrogens is 284 g/mol. The molecule has 3 fully saturated rings. The molecule has 5 atom stereocenters. The first-order chi connectivity index (χ1) is 11.3. The van der Waals surface area contributed by atoms with Gasteiger partial charge in [0.2, 0.25) is 0 Å². The molecule has 1 aromatic carbocycles. The largest absolute Gasteiger partial charge is 0.497 e. The summed E-state index contributed by atoms with van der Waals surface area (Å²) in [6, 6.07) is 7.96. The number of anilines is 1. The molecule has 2 saturated heterocycles. The molecule has 5 rings (SSSR count). The Labute approximate surface area is 139 Å². The van der Waals surface area contributed by atoms with Crippen molar-refractivity contribution in [1.29, 1.82) is 0 Å². The molecule has 1 aromatic rings. The second-order valence-electron chi connectivity index (χ2n) is 8.12. The molecule has 3 heteroatoms. The molecule has 3 aliphatic heterocycles. The van der Waals surface area contributed by atoms with Crippen LogP contribution >= 0.6 is 0 Å². The number of fused-ring (bicyclic) bond motifs is 6. The molecule has 1 N–H and O–H groups in total. The maximum Gasteiger partial charge on any atom is 0.119 e. The van der Waals surface area contributed by atoms with Gasteiger partial charge in [0.15, 0.2) is 0 Å². The van der Waals surface area contributed by atoms with E-state index in [0.717, 1.165) is 23.6 Å². The Hall–Kier alpha value is -1.22. The molecule has 23 heavy (non-hydrogen) atoms. The van der Waals surface area contributed by atoms with E-state index in [1.807, 2.05) is 0 Å². The van der Waals surface area contributed by atoms with Gasteiger partial charge in [-0.2, -0.15) is 0 Å². The van der Waals surface area contributed by atoms with Crippen molar-refractivity contribution >= 4 is 5.69 Å². The minimum Gasteiger partial charge on any atom is -0.497 e. The van der Waals surface area contributed by atoms with Crippen LogP contribution in [0.3, 0.4) is 0 Å². The lowest BCUT2D eigenvalue weighted by molar-refractivity contribution is 0.00756. The van der Waals surface area contributed by atoms with Gasteiger partial charge >= 0.3 is 0 Å². The Morgan fingerprint density at radius 2 is 2.00 bits per heavy atom. The maximum atomic E-state index is 5.46. The molecule has 0 aromatic heterocycles. The number of nitrogens with one attached hydrogen (secondary N) is 1. The highest BCUT2D eigenvalue weighted by molar-refractivity contribution is 5.62. The Balaban J connectivity index is 1.42. The first-order valence-corrected chi connectivity index (χ1v) is 9.52. The number of nitrogens with zero attached hydrogens (tertiary/aromatic N) is 1. The third-order valence-corrected chi connectivity index (χ3v) is 7.10. The number of methoxy groups -OCH3 is 1. The molecule has 0 bridgehead atoms. The van der Waals surface area contributed by atoms with E-state index >= 15 is 0 Å². The number of piperidine rings is 2. The van der Waals surface area contributed by atoms with Crippen molar-refractivity contribution in [3.8, 4) is 5.75 Å². The van der Waals surface area contributed by atoms with Crippen molar-refractivity contribution in [1.82, 2.24) is 4.90 Å².